The Balaban J connectivity index is 1.88. The molecule has 0 saturated heterocycles. The minimum absolute atomic E-state index is 0.121. The van der Waals surface area contributed by atoms with Crippen LogP contribution >= 0.6 is 11.8 Å². The number of rotatable bonds is 8. The molecule has 0 unspecified atom stereocenters. The molecule has 2 aromatic carbocycles. The SMILES string of the molecule is CCc1ccc(Sc2nccn(-c3ccc(OCC(C)(C)O)c(OC)c3)c2=O)cc1. The highest BCUT2D eigenvalue weighted by Gasteiger charge is 2.16. The average molecular weight is 427 g/mol. The number of aromatic nitrogens is 2. The van der Waals surface area contributed by atoms with Gasteiger partial charge in [0.15, 0.2) is 16.5 Å². The minimum atomic E-state index is -0.965. The van der Waals surface area contributed by atoms with Crippen LogP contribution in [0.5, 0.6) is 11.5 Å². The lowest BCUT2D eigenvalue weighted by atomic mass is 10.2. The Kier molecular flexibility index (Phi) is 6.84. The van der Waals surface area contributed by atoms with Crippen molar-refractivity contribution in [3.8, 4) is 17.2 Å². The summed E-state index contributed by atoms with van der Waals surface area (Å²) in [5.74, 6) is 0.973. The normalized spacial score (nSPS) is 11.4. The zero-order valence-corrected chi connectivity index (χ0v) is 18.4. The molecule has 0 fully saturated rings. The topological polar surface area (TPSA) is 73.6 Å². The number of nitrogens with zero attached hydrogens (tertiary/aromatic N) is 2. The Morgan fingerprint density at radius 1 is 1.13 bits per heavy atom. The molecule has 0 bridgehead atoms. The smallest absolute Gasteiger partial charge is 0.287 e. The Morgan fingerprint density at radius 3 is 2.50 bits per heavy atom. The van der Waals surface area contributed by atoms with Gasteiger partial charge in [-0.05, 0) is 50.1 Å². The van der Waals surface area contributed by atoms with Crippen molar-refractivity contribution in [2.24, 2.45) is 0 Å². The summed E-state index contributed by atoms with van der Waals surface area (Å²) in [5.41, 5.74) is 0.705. The molecule has 158 valence electrons. The maximum Gasteiger partial charge on any atom is 0.287 e. The maximum absolute atomic E-state index is 13.0. The predicted octanol–water partition coefficient (Wildman–Crippen LogP) is 4.10. The number of hydrogen-bond donors (Lipinski definition) is 1. The van der Waals surface area contributed by atoms with Crippen LogP contribution in [-0.4, -0.2) is 34.0 Å². The van der Waals surface area contributed by atoms with Crippen LogP contribution in [0.1, 0.15) is 26.3 Å². The highest BCUT2D eigenvalue weighted by molar-refractivity contribution is 7.99. The minimum Gasteiger partial charge on any atom is -0.493 e. The van der Waals surface area contributed by atoms with Crippen LogP contribution < -0.4 is 15.0 Å². The fourth-order valence-corrected chi connectivity index (χ4v) is 3.55. The zero-order valence-electron chi connectivity index (χ0n) is 17.6. The molecule has 0 spiro atoms. The van der Waals surface area contributed by atoms with Crippen molar-refractivity contribution in [2.45, 2.75) is 42.7 Å². The molecule has 7 heteroatoms. The molecule has 0 aliphatic rings. The highest BCUT2D eigenvalue weighted by Crippen LogP contribution is 2.30. The summed E-state index contributed by atoms with van der Waals surface area (Å²) >= 11 is 1.34. The van der Waals surface area contributed by atoms with Crippen molar-refractivity contribution in [3.05, 3.63) is 70.8 Å². The van der Waals surface area contributed by atoms with Crippen molar-refractivity contribution in [2.75, 3.05) is 13.7 Å². The van der Waals surface area contributed by atoms with E-state index in [2.05, 4.69) is 24.0 Å². The van der Waals surface area contributed by atoms with Crippen molar-refractivity contribution in [1.82, 2.24) is 9.55 Å². The van der Waals surface area contributed by atoms with Crippen LogP contribution in [0.15, 0.2) is 69.6 Å². The Morgan fingerprint density at radius 2 is 1.87 bits per heavy atom. The van der Waals surface area contributed by atoms with Crippen LogP contribution in [0.2, 0.25) is 0 Å². The van der Waals surface area contributed by atoms with E-state index in [1.54, 1.807) is 44.4 Å². The van der Waals surface area contributed by atoms with Crippen molar-refractivity contribution < 1.29 is 14.6 Å². The number of methoxy groups -OCH3 is 1. The van der Waals surface area contributed by atoms with E-state index in [-0.39, 0.29) is 12.2 Å². The molecule has 0 saturated carbocycles. The molecule has 1 aromatic heterocycles. The summed E-state index contributed by atoms with van der Waals surface area (Å²) in [6.45, 7) is 5.56. The van der Waals surface area contributed by atoms with E-state index in [4.69, 9.17) is 9.47 Å². The van der Waals surface area contributed by atoms with Gasteiger partial charge in [0.1, 0.15) is 6.61 Å². The molecule has 0 aliphatic carbocycles. The second-order valence-electron chi connectivity index (χ2n) is 7.44. The van der Waals surface area contributed by atoms with Crippen LogP contribution in [0.4, 0.5) is 0 Å². The highest BCUT2D eigenvalue weighted by atomic mass is 32.2. The lowest BCUT2D eigenvalue weighted by molar-refractivity contribution is 0.0276. The first-order chi connectivity index (χ1) is 14.3. The fraction of sp³-hybridized carbons (Fsp3) is 0.304. The van der Waals surface area contributed by atoms with E-state index in [0.29, 0.717) is 22.2 Å². The largest absolute Gasteiger partial charge is 0.493 e. The van der Waals surface area contributed by atoms with Crippen molar-refractivity contribution in [3.63, 3.8) is 0 Å². The van der Waals surface area contributed by atoms with Crippen LogP contribution in [0.25, 0.3) is 5.69 Å². The lowest BCUT2D eigenvalue weighted by Crippen LogP contribution is -2.28. The third-order valence-electron chi connectivity index (χ3n) is 4.36. The van der Waals surface area contributed by atoms with E-state index in [0.717, 1.165) is 11.3 Å². The number of ether oxygens (including phenoxy) is 2. The van der Waals surface area contributed by atoms with E-state index in [1.807, 2.05) is 12.1 Å². The number of benzene rings is 2. The third kappa shape index (κ3) is 5.43. The lowest BCUT2D eigenvalue weighted by Gasteiger charge is -2.19. The van der Waals surface area contributed by atoms with Gasteiger partial charge in [-0.1, -0.05) is 30.8 Å². The molecule has 0 radical (unpaired) electrons. The second kappa shape index (κ2) is 9.36. The van der Waals surface area contributed by atoms with E-state index < -0.39 is 5.60 Å². The zero-order chi connectivity index (χ0) is 21.7. The Labute approximate surface area is 180 Å². The standard InChI is InChI=1S/C23H26N2O4S/c1-5-16-6-9-18(10-7-16)30-21-22(26)25(13-12-24-21)17-8-11-19(20(14-17)28-4)29-15-23(2,3)27/h6-14,27H,5,15H2,1-4H3. The molecule has 1 heterocycles. The Bertz CT molecular complexity index is 1060. The second-order valence-corrected chi connectivity index (χ2v) is 8.51. The summed E-state index contributed by atoms with van der Waals surface area (Å²) in [6, 6.07) is 13.3. The quantitative estimate of drug-likeness (QED) is 0.585. The van der Waals surface area contributed by atoms with Gasteiger partial charge < -0.3 is 14.6 Å². The van der Waals surface area contributed by atoms with Crippen molar-refractivity contribution in [1.29, 1.82) is 0 Å². The van der Waals surface area contributed by atoms with Gasteiger partial charge in [-0.15, -0.1) is 0 Å². The van der Waals surface area contributed by atoms with Crippen LogP contribution in [0.3, 0.4) is 0 Å². The van der Waals surface area contributed by atoms with Gasteiger partial charge in [0.05, 0.1) is 18.4 Å². The van der Waals surface area contributed by atoms with Gasteiger partial charge in [0, 0.05) is 23.4 Å². The molecule has 1 N–H and O–H groups in total. The molecular formula is C23H26N2O4S. The first-order valence-corrected chi connectivity index (χ1v) is 10.5. The summed E-state index contributed by atoms with van der Waals surface area (Å²) in [7, 11) is 1.53. The van der Waals surface area contributed by atoms with Gasteiger partial charge >= 0.3 is 0 Å². The molecule has 3 rings (SSSR count). The first-order valence-electron chi connectivity index (χ1n) is 9.69. The third-order valence-corrected chi connectivity index (χ3v) is 5.34. The molecule has 6 nitrogen and oxygen atoms in total. The molecule has 0 atom stereocenters. The monoisotopic (exact) mass is 426 g/mol. The molecule has 0 aliphatic heterocycles. The molecular weight excluding hydrogens is 400 g/mol. The Hall–Kier alpha value is -2.77. The van der Waals surface area contributed by atoms with Crippen molar-refractivity contribution >= 4 is 11.8 Å². The summed E-state index contributed by atoms with van der Waals surface area (Å²) in [6.07, 6.45) is 4.20. The maximum atomic E-state index is 13.0. The number of hydrogen-bond acceptors (Lipinski definition) is 6. The van der Waals surface area contributed by atoms with Gasteiger partial charge in [-0.25, -0.2) is 4.98 Å². The fourth-order valence-electron chi connectivity index (χ4n) is 2.75. The first kappa shape index (κ1) is 21.9. The van der Waals surface area contributed by atoms with E-state index >= 15 is 0 Å². The van der Waals surface area contributed by atoms with E-state index in [9.17, 15) is 9.90 Å². The number of aliphatic hydroxyl groups is 1. The molecule has 0 amide bonds. The van der Waals surface area contributed by atoms with Crippen LogP contribution in [-0.2, 0) is 6.42 Å². The predicted molar refractivity (Wildman–Crippen MR) is 118 cm³/mol. The summed E-state index contributed by atoms with van der Waals surface area (Å²) in [5, 5.41) is 10.3. The summed E-state index contributed by atoms with van der Waals surface area (Å²) < 4.78 is 12.6. The molecule has 3 aromatic rings. The number of aryl methyl sites for hydroxylation is 1. The van der Waals surface area contributed by atoms with Gasteiger partial charge in [-0.2, -0.15) is 0 Å². The van der Waals surface area contributed by atoms with Crippen LogP contribution in [0, 0.1) is 0 Å². The van der Waals surface area contributed by atoms with Gasteiger partial charge in [-0.3, -0.25) is 9.36 Å². The summed E-state index contributed by atoms with van der Waals surface area (Å²) in [4.78, 5) is 18.2. The molecule has 30 heavy (non-hydrogen) atoms. The van der Waals surface area contributed by atoms with E-state index in [1.165, 1.54) is 29.0 Å². The average Bonchev–Trinajstić information content (AvgIpc) is 2.73. The van der Waals surface area contributed by atoms with Gasteiger partial charge in [0.2, 0.25) is 0 Å². The van der Waals surface area contributed by atoms with Gasteiger partial charge in [0.25, 0.3) is 5.56 Å².